The van der Waals surface area contributed by atoms with Crippen molar-refractivity contribution in [3.8, 4) is 11.1 Å². The third-order valence-corrected chi connectivity index (χ3v) is 6.80. The Kier molecular flexibility index (Phi) is 7.17. The molecule has 8 nitrogen and oxygen atoms in total. The lowest BCUT2D eigenvalue weighted by molar-refractivity contribution is -0.147. The molecular formula is C26H30N2O6. The molecule has 1 atom stereocenters. The fraction of sp³-hybridized carbons (Fsp3) is 0.423. The normalized spacial score (nSPS) is 16.9. The van der Waals surface area contributed by atoms with Gasteiger partial charge in [0, 0.05) is 25.3 Å². The lowest BCUT2D eigenvalue weighted by Gasteiger charge is -2.29. The number of aliphatic hydroxyl groups is 1. The summed E-state index contributed by atoms with van der Waals surface area (Å²) < 4.78 is 5.67. The predicted octanol–water partition coefficient (Wildman–Crippen LogP) is 3.18. The van der Waals surface area contributed by atoms with Crippen LogP contribution in [0.5, 0.6) is 0 Å². The second-order valence-electron chi connectivity index (χ2n) is 9.11. The third kappa shape index (κ3) is 5.22. The number of carboxylic acid groups (broad SMARTS) is 1. The number of carbonyl (C=O) groups is 3. The average molecular weight is 467 g/mol. The molecule has 0 saturated heterocycles. The number of aliphatic hydroxyl groups excluding tert-OH is 1. The van der Waals surface area contributed by atoms with Crippen LogP contribution in [-0.2, 0) is 14.3 Å². The van der Waals surface area contributed by atoms with Gasteiger partial charge >= 0.3 is 12.1 Å². The average Bonchev–Trinajstić information content (AvgIpc) is 3.40. The Morgan fingerprint density at radius 2 is 1.59 bits per heavy atom. The maximum Gasteiger partial charge on any atom is 0.407 e. The van der Waals surface area contributed by atoms with Gasteiger partial charge in [-0.15, -0.1) is 0 Å². The minimum atomic E-state index is -1.51. The van der Waals surface area contributed by atoms with E-state index in [-0.39, 0.29) is 37.8 Å². The molecule has 0 spiro atoms. The molecule has 2 aromatic rings. The molecule has 4 N–H and O–H groups in total. The van der Waals surface area contributed by atoms with Gasteiger partial charge < -0.3 is 25.6 Å². The summed E-state index contributed by atoms with van der Waals surface area (Å²) in [6, 6.07) is 16.3. The molecule has 2 aromatic carbocycles. The molecule has 4 rings (SSSR count). The van der Waals surface area contributed by atoms with Crippen LogP contribution in [0.25, 0.3) is 11.1 Å². The van der Waals surface area contributed by atoms with Gasteiger partial charge in [0.1, 0.15) is 6.61 Å². The summed E-state index contributed by atoms with van der Waals surface area (Å²) in [6.07, 6.45) is 1.08. The van der Waals surface area contributed by atoms with Crippen molar-refractivity contribution in [3.05, 3.63) is 59.7 Å². The number of carboxylic acids is 1. The van der Waals surface area contributed by atoms with Gasteiger partial charge in [-0.1, -0.05) is 61.4 Å². The fourth-order valence-electron chi connectivity index (χ4n) is 5.09. The SMILES string of the molecule is O=C(CC1(NC(=O)OCC2c3ccccc3-c3ccccc32)CCCC1)NCCC(O)C(=O)O. The van der Waals surface area contributed by atoms with Crippen molar-refractivity contribution in [3.63, 3.8) is 0 Å². The molecule has 2 aliphatic rings. The molecule has 2 aliphatic carbocycles. The van der Waals surface area contributed by atoms with Gasteiger partial charge in [-0.2, -0.15) is 0 Å². The van der Waals surface area contributed by atoms with E-state index in [4.69, 9.17) is 9.84 Å². The molecule has 1 fully saturated rings. The molecule has 0 heterocycles. The van der Waals surface area contributed by atoms with Crippen LogP contribution >= 0.6 is 0 Å². The summed E-state index contributed by atoms with van der Waals surface area (Å²) in [5, 5.41) is 23.7. The number of benzene rings is 2. The summed E-state index contributed by atoms with van der Waals surface area (Å²) in [4.78, 5) is 35.9. The van der Waals surface area contributed by atoms with Gasteiger partial charge in [0.2, 0.25) is 5.91 Å². The van der Waals surface area contributed by atoms with E-state index in [1.165, 1.54) is 0 Å². The van der Waals surface area contributed by atoms with E-state index in [2.05, 4.69) is 34.9 Å². The van der Waals surface area contributed by atoms with Gasteiger partial charge in [-0.05, 0) is 35.1 Å². The number of hydrogen-bond donors (Lipinski definition) is 4. The number of aliphatic carboxylic acids is 1. The zero-order chi connectivity index (χ0) is 24.1. The molecule has 0 aromatic heterocycles. The standard InChI is InChI=1S/C26H30N2O6/c29-22(24(31)32)11-14-27-23(30)15-26(12-5-6-13-26)28-25(33)34-16-21-19-9-3-1-7-17(19)18-8-2-4-10-20(18)21/h1-4,7-10,21-22,29H,5-6,11-16H2,(H,27,30)(H,28,33)(H,31,32). The molecular weight excluding hydrogens is 436 g/mol. The van der Waals surface area contributed by atoms with Crippen LogP contribution in [0.2, 0.25) is 0 Å². The van der Waals surface area contributed by atoms with E-state index >= 15 is 0 Å². The van der Waals surface area contributed by atoms with Gasteiger partial charge in [-0.25, -0.2) is 9.59 Å². The zero-order valence-corrected chi connectivity index (χ0v) is 19.0. The van der Waals surface area contributed by atoms with E-state index in [0.29, 0.717) is 12.8 Å². The first-order chi connectivity index (χ1) is 16.4. The van der Waals surface area contributed by atoms with Crippen molar-refractivity contribution in [2.75, 3.05) is 13.2 Å². The van der Waals surface area contributed by atoms with Crippen molar-refractivity contribution in [2.45, 2.75) is 56.1 Å². The monoisotopic (exact) mass is 466 g/mol. The molecule has 0 radical (unpaired) electrons. The fourth-order valence-corrected chi connectivity index (χ4v) is 5.09. The summed E-state index contributed by atoms with van der Waals surface area (Å²) in [6.45, 7) is 0.253. The molecule has 34 heavy (non-hydrogen) atoms. The number of carbonyl (C=O) groups excluding carboxylic acids is 2. The van der Waals surface area contributed by atoms with Crippen LogP contribution in [0.15, 0.2) is 48.5 Å². The number of alkyl carbamates (subject to hydrolysis) is 1. The first kappa shape index (κ1) is 23.8. The summed E-state index contributed by atoms with van der Waals surface area (Å²) >= 11 is 0. The molecule has 1 saturated carbocycles. The zero-order valence-electron chi connectivity index (χ0n) is 19.0. The van der Waals surface area contributed by atoms with E-state index in [1.54, 1.807) is 0 Å². The third-order valence-electron chi connectivity index (χ3n) is 6.80. The Bertz CT molecular complexity index is 1020. The highest BCUT2D eigenvalue weighted by Crippen LogP contribution is 2.44. The maximum atomic E-state index is 12.8. The maximum absolute atomic E-state index is 12.8. The highest BCUT2D eigenvalue weighted by Gasteiger charge is 2.38. The minimum Gasteiger partial charge on any atom is -0.479 e. The number of rotatable bonds is 9. The number of hydrogen-bond acceptors (Lipinski definition) is 5. The predicted molar refractivity (Wildman–Crippen MR) is 125 cm³/mol. The van der Waals surface area contributed by atoms with E-state index in [0.717, 1.165) is 35.1 Å². The highest BCUT2D eigenvalue weighted by atomic mass is 16.5. The Hall–Kier alpha value is -3.39. The smallest absolute Gasteiger partial charge is 0.407 e. The molecule has 180 valence electrons. The lowest BCUT2D eigenvalue weighted by atomic mass is 9.93. The summed E-state index contributed by atoms with van der Waals surface area (Å²) in [7, 11) is 0. The number of fused-ring (bicyclic) bond motifs is 3. The van der Waals surface area contributed by atoms with Crippen LogP contribution in [0.4, 0.5) is 4.79 Å². The number of nitrogens with one attached hydrogen (secondary N) is 2. The van der Waals surface area contributed by atoms with Crippen molar-refractivity contribution < 1.29 is 29.3 Å². The second kappa shape index (κ2) is 10.3. The van der Waals surface area contributed by atoms with E-state index < -0.39 is 23.7 Å². The molecule has 2 amide bonds. The van der Waals surface area contributed by atoms with Gasteiger partial charge in [0.15, 0.2) is 6.10 Å². The number of ether oxygens (including phenoxy) is 1. The Labute approximate surface area is 198 Å². The van der Waals surface area contributed by atoms with E-state index in [9.17, 15) is 19.5 Å². The van der Waals surface area contributed by atoms with Crippen LogP contribution in [0, 0.1) is 0 Å². The van der Waals surface area contributed by atoms with Crippen molar-refractivity contribution in [1.29, 1.82) is 0 Å². The molecule has 0 bridgehead atoms. The summed E-state index contributed by atoms with van der Waals surface area (Å²) in [5.41, 5.74) is 3.90. The number of amides is 2. The van der Waals surface area contributed by atoms with Crippen LogP contribution in [-0.4, -0.2) is 53.0 Å². The van der Waals surface area contributed by atoms with Crippen molar-refractivity contribution >= 4 is 18.0 Å². The van der Waals surface area contributed by atoms with Gasteiger partial charge in [0.25, 0.3) is 0 Å². The molecule has 1 unspecified atom stereocenters. The molecule has 8 heteroatoms. The van der Waals surface area contributed by atoms with E-state index in [1.807, 2.05) is 24.3 Å². The van der Waals surface area contributed by atoms with Crippen molar-refractivity contribution in [1.82, 2.24) is 10.6 Å². The van der Waals surface area contributed by atoms with Gasteiger partial charge in [0.05, 0.1) is 5.54 Å². The lowest BCUT2D eigenvalue weighted by Crippen LogP contribution is -2.50. The first-order valence-corrected chi connectivity index (χ1v) is 11.7. The van der Waals surface area contributed by atoms with Gasteiger partial charge in [-0.3, -0.25) is 4.79 Å². The topological polar surface area (TPSA) is 125 Å². The largest absolute Gasteiger partial charge is 0.479 e. The molecule has 0 aliphatic heterocycles. The minimum absolute atomic E-state index is 0.0401. The summed E-state index contributed by atoms with van der Waals surface area (Å²) in [5.74, 6) is -1.65. The highest BCUT2D eigenvalue weighted by molar-refractivity contribution is 5.80. The first-order valence-electron chi connectivity index (χ1n) is 11.7. The van der Waals surface area contributed by atoms with Crippen LogP contribution in [0.1, 0.15) is 55.6 Å². The Balaban J connectivity index is 1.34. The Morgan fingerprint density at radius 3 is 2.18 bits per heavy atom. The van der Waals surface area contributed by atoms with Crippen LogP contribution < -0.4 is 10.6 Å². The second-order valence-corrected chi connectivity index (χ2v) is 9.11. The quantitative estimate of drug-likeness (QED) is 0.450. The Morgan fingerprint density at radius 1 is 1.00 bits per heavy atom. The van der Waals surface area contributed by atoms with Crippen molar-refractivity contribution in [2.24, 2.45) is 0 Å². The van der Waals surface area contributed by atoms with Crippen LogP contribution in [0.3, 0.4) is 0 Å².